The molecule has 0 saturated heterocycles. The van der Waals surface area contributed by atoms with Crippen LogP contribution >= 0.6 is 0 Å². The third kappa shape index (κ3) is 3.42. The van der Waals surface area contributed by atoms with E-state index in [1.54, 1.807) is 0 Å². The van der Waals surface area contributed by atoms with E-state index in [1.165, 1.54) is 0 Å². The van der Waals surface area contributed by atoms with Crippen molar-refractivity contribution in [2.45, 2.75) is 20.3 Å². The van der Waals surface area contributed by atoms with Crippen molar-refractivity contribution in [3.05, 3.63) is 12.2 Å². The summed E-state index contributed by atoms with van der Waals surface area (Å²) in [5, 5.41) is 8.28. The van der Waals surface area contributed by atoms with E-state index in [9.17, 15) is 0 Å². The van der Waals surface area contributed by atoms with Crippen molar-refractivity contribution < 1.29 is 0 Å². The van der Waals surface area contributed by atoms with Gasteiger partial charge in [0, 0.05) is 5.92 Å². The maximum Gasteiger partial charge on any atom is 0.0656 e. The Hall–Kier alpha value is -0.770. The third-order valence-corrected chi connectivity index (χ3v) is 0.946. The van der Waals surface area contributed by atoms with E-state index < -0.39 is 0 Å². The minimum absolute atomic E-state index is 0.172. The number of nitriles is 1. The van der Waals surface area contributed by atoms with E-state index in [-0.39, 0.29) is 5.92 Å². The first-order chi connectivity index (χ1) is 3.81. The van der Waals surface area contributed by atoms with Crippen LogP contribution < -0.4 is 0 Å². The predicted molar refractivity (Wildman–Crippen MR) is 34.2 cm³/mol. The highest BCUT2D eigenvalue weighted by molar-refractivity contribution is 4.87. The number of hydrogen-bond acceptors (Lipinski definition) is 1. The van der Waals surface area contributed by atoms with E-state index in [1.807, 2.05) is 26.0 Å². The smallest absolute Gasteiger partial charge is 0.0656 e. The van der Waals surface area contributed by atoms with Crippen LogP contribution in [0.1, 0.15) is 20.3 Å². The van der Waals surface area contributed by atoms with Crippen LogP contribution in [0.5, 0.6) is 0 Å². The van der Waals surface area contributed by atoms with Gasteiger partial charge in [0.15, 0.2) is 0 Å². The molecule has 0 aliphatic heterocycles. The molecule has 0 aromatic carbocycles. The molecule has 1 nitrogen and oxygen atoms in total. The third-order valence-electron chi connectivity index (χ3n) is 0.946. The van der Waals surface area contributed by atoms with Crippen molar-refractivity contribution in [3.63, 3.8) is 0 Å². The first kappa shape index (κ1) is 7.23. The molecule has 1 unspecified atom stereocenters. The van der Waals surface area contributed by atoms with Crippen LogP contribution in [0, 0.1) is 17.2 Å². The van der Waals surface area contributed by atoms with Crippen LogP contribution in [0.4, 0.5) is 0 Å². The van der Waals surface area contributed by atoms with Crippen molar-refractivity contribution in [1.82, 2.24) is 0 Å². The van der Waals surface area contributed by atoms with Gasteiger partial charge in [-0.3, -0.25) is 0 Å². The molecule has 0 radical (unpaired) electrons. The lowest BCUT2D eigenvalue weighted by molar-refractivity contribution is 0.760. The summed E-state index contributed by atoms with van der Waals surface area (Å²) in [6.07, 6.45) is 4.86. The van der Waals surface area contributed by atoms with E-state index in [2.05, 4.69) is 6.07 Å². The summed E-state index contributed by atoms with van der Waals surface area (Å²) < 4.78 is 0. The summed E-state index contributed by atoms with van der Waals surface area (Å²) in [4.78, 5) is 0. The lowest BCUT2D eigenvalue weighted by Gasteiger charge is -1.90. The molecule has 0 aliphatic rings. The fourth-order valence-corrected chi connectivity index (χ4v) is 0.393. The zero-order chi connectivity index (χ0) is 6.41. The van der Waals surface area contributed by atoms with Gasteiger partial charge in [-0.25, -0.2) is 0 Å². The summed E-state index contributed by atoms with van der Waals surface area (Å²) in [6.45, 7) is 3.88. The van der Waals surface area contributed by atoms with Gasteiger partial charge in [0.2, 0.25) is 0 Å². The Morgan fingerprint density at radius 3 is 2.75 bits per heavy atom. The minimum atomic E-state index is 0.172. The molecule has 44 valence electrons. The van der Waals surface area contributed by atoms with Gasteiger partial charge < -0.3 is 0 Å². The van der Waals surface area contributed by atoms with Crippen molar-refractivity contribution >= 4 is 0 Å². The molecule has 8 heavy (non-hydrogen) atoms. The summed E-state index contributed by atoms with van der Waals surface area (Å²) in [5.41, 5.74) is 0. The fourth-order valence-electron chi connectivity index (χ4n) is 0.393. The Morgan fingerprint density at radius 2 is 2.38 bits per heavy atom. The second-order valence-corrected chi connectivity index (χ2v) is 1.83. The van der Waals surface area contributed by atoms with Crippen LogP contribution in [0.2, 0.25) is 0 Å². The van der Waals surface area contributed by atoms with Gasteiger partial charge in [0.05, 0.1) is 6.07 Å². The Balaban J connectivity index is 3.28. The molecule has 0 bridgehead atoms. The molecule has 0 aromatic heterocycles. The van der Waals surface area contributed by atoms with Gasteiger partial charge in [0.25, 0.3) is 0 Å². The van der Waals surface area contributed by atoms with E-state index in [0.29, 0.717) is 0 Å². The zero-order valence-electron chi connectivity index (χ0n) is 5.39. The Bertz CT molecular complexity index is 108. The van der Waals surface area contributed by atoms with Gasteiger partial charge in [-0.15, -0.1) is 0 Å². The first-order valence-electron chi connectivity index (χ1n) is 2.82. The molecule has 0 aromatic rings. The molecule has 0 saturated carbocycles. The number of hydrogen-bond donors (Lipinski definition) is 0. The van der Waals surface area contributed by atoms with Gasteiger partial charge in [-0.2, -0.15) is 5.26 Å². The quantitative estimate of drug-likeness (QED) is 0.498. The number of rotatable bonds is 2. The largest absolute Gasteiger partial charge is 0.198 e. The second kappa shape index (κ2) is 4.39. The molecule has 0 amide bonds. The van der Waals surface area contributed by atoms with Crippen molar-refractivity contribution in [1.29, 1.82) is 5.26 Å². The summed E-state index contributed by atoms with van der Waals surface area (Å²) >= 11 is 0. The molecule has 0 aliphatic carbocycles. The molecule has 1 atom stereocenters. The monoisotopic (exact) mass is 109 g/mol. The lowest BCUT2D eigenvalue weighted by atomic mass is 10.1. The predicted octanol–water partition coefficient (Wildman–Crippen LogP) is 2.11. The highest BCUT2D eigenvalue weighted by atomic mass is 14.2. The highest BCUT2D eigenvalue weighted by Gasteiger charge is 1.91. The lowest BCUT2D eigenvalue weighted by Crippen LogP contribution is -1.83. The van der Waals surface area contributed by atoms with Crippen molar-refractivity contribution in [2.24, 2.45) is 5.92 Å². The van der Waals surface area contributed by atoms with Gasteiger partial charge in [-0.1, -0.05) is 12.2 Å². The first-order valence-corrected chi connectivity index (χ1v) is 2.82. The van der Waals surface area contributed by atoms with Crippen LogP contribution in [0.15, 0.2) is 12.2 Å². The molecule has 0 N–H and O–H groups in total. The van der Waals surface area contributed by atoms with Crippen LogP contribution in [0.3, 0.4) is 0 Å². The van der Waals surface area contributed by atoms with Crippen molar-refractivity contribution in [2.75, 3.05) is 0 Å². The summed E-state index contributed by atoms with van der Waals surface area (Å²) in [7, 11) is 0. The van der Waals surface area contributed by atoms with Crippen LogP contribution in [-0.4, -0.2) is 0 Å². The fraction of sp³-hybridized carbons (Fsp3) is 0.571. The highest BCUT2D eigenvalue weighted by Crippen LogP contribution is 1.98. The Labute approximate surface area is 50.6 Å². The molecule has 0 rings (SSSR count). The minimum Gasteiger partial charge on any atom is -0.198 e. The summed E-state index contributed by atoms with van der Waals surface area (Å²) in [5.74, 6) is 0.172. The molecule has 0 fully saturated rings. The van der Waals surface area contributed by atoms with E-state index >= 15 is 0 Å². The SMILES string of the molecule is CC=CCC(C)C#N. The van der Waals surface area contributed by atoms with Crippen LogP contribution in [-0.2, 0) is 0 Å². The van der Waals surface area contributed by atoms with Crippen LogP contribution in [0.25, 0.3) is 0 Å². The Morgan fingerprint density at radius 1 is 1.75 bits per heavy atom. The van der Waals surface area contributed by atoms with E-state index in [0.717, 1.165) is 6.42 Å². The molecular formula is C7H11N. The summed E-state index contributed by atoms with van der Waals surface area (Å²) in [6, 6.07) is 2.15. The Kier molecular flexibility index (Phi) is 3.97. The average Bonchev–Trinajstić information content (AvgIpc) is 1.83. The van der Waals surface area contributed by atoms with Gasteiger partial charge >= 0.3 is 0 Å². The van der Waals surface area contributed by atoms with Gasteiger partial charge in [0.1, 0.15) is 0 Å². The molecular weight excluding hydrogens is 98.1 g/mol. The maximum atomic E-state index is 8.28. The molecule has 0 spiro atoms. The second-order valence-electron chi connectivity index (χ2n) is 1.83. The number of allylic oxidation sites excluding steroid dienone is 2. The van der Waals surface area contributed by atoms with Gasteiger partial charge in [-0.05, 0) is 20.3 Å². The molecule has 1 heteroatoms. The number of nitrogens with zero attached hydrogens (tertiary/aromatic N) is 1. The van der Waals surface area contributed by atoms with Crippen molar-refractivity contribution in [3.8, 4) is 6.07 Å². The zero-order valence-corrected chi connectivity index (χ0v) is 5.39. The van der Waals surface area contributed by atoms with E-state index in [4.69, 9.17) is 5.26 Å². The normalized spacial score (nSPS) is 13.6. The topological polar surface area (TPSA) is 23.8 Å². The molecule has 0 heterocycles. The standard InChI is InChI=1S/C7H11N/c1-3-4-5-7(2)6-8/h3-4,7H,5H2,1-2H3. The average molecular weight is 109 g/mol. The maximum absolute atomic E-state index is 8.28.